The fourth-order valence-electron chi connectivity index (χ4n) is 3.04. The number of nitrogens with one attached hydrogen (secondary N) is 1. The Kier molecular flexibility index (Phi) is 6.44. The summed E-state index contributed by atoms with van der Waals surface area (Å²) in [5.41, 5.74) is 1.35. The van der Waals surface area contributed by atoms with Crippen LogP contribution in [0.3, 0.4) is 0 Å². The number of sulfonamides is 1. The van der Waals surface area contributed by atoms with Crippen molar-refractivity contribution in [3.8, 4) is 11.5 Å². The predicted molar refractivity (Wildman–Crippen MR) is 114 cm³/mol. The highest BCUT2D eigenvalue weighted by Gasteiger charge is 2.23. The molecule has 0 aromatic heterocycles. The van der Waals surface area contributed by atoms with Crippen LogP contribution in [-0.4, -0.2) is 46.7 Å². The Morgan fingerprint density at radius 1 is 1.25 bits per heavy atom. The lowest BCUT2D eigenvalue weighted by Gasteiger charge is -2.17. The van der Waals surface area contributed by atoms with Crippen molar-refractivity contribution < 1.29 is 17.9 Å². The Hall–Kier alpha value is -1.48. The summed E-state index contributed by atoms with van der Waals surface area (Å²) in [5, 5.41) is 0.0951. The number of anilines is 1. The molecule has 1 aliphatic rings. The van der Waals surface area contributed by atoms with Crippen molar-refractivity contribution in [2.75, 3.05) is 32.0 Å². The molecule has 9 heteroatoms. The van der Waals surface area contributed by atoms with Gasteiger partial charge in [-0.2, -0.15) is 0 Å². The van der Waals surface area contributed by atoms with Crippen LogP contribution in [0.25, 0.3) is 0 Å². The average molecular weight is 490 g/mol. The van der Waals surface area contributed by atoms with Crippen LogP contribution in [0.1, 0.15) is 12.0 Å². The SMILES string of the molecule is COc1cc(S(=O)(=O)Nc2ccc(C)c(O[C@@H]3CCN(C)C3)c2)c(Cl)cc1Br. The normalized spacial score (nSPS) is 17.5. The van der Waals surface area contributed by atoms with Crippen LogP contribution in [0.4, 0.5) is 5.69 Å². The Bertz CT molecular complexity index is 984. The fourth-order valence-corrected chi connectivity index (χ4v) is 5.27. The summed E-state index contributed by atoms with van der Waals surface area (Å²) in [4.78, 5) is 2.14. The first-order chi connectivity index (χ1) is 13.2. The van der Waals surface area contributed by atoms with Crippen molar-refractivity contribution in [3.05, 3.63) is 45.4 Å². The lowest BCUT2D eigenvalue weighted by molar-refractivity contribution is 0.207. The molecular formula is C19H22BrClN2O4S. The van der Waals surface area contributed by atoms with Gasteiger partial charge in [-0.3, -0.25) is 4.72 Å². The van der Waals surface area contributed by atoms with Crippen molar-refractivity contribution in [3.63, 3.8) is 0 Å². The number of nitrogens with zero attached hydrogens (tertiary/aromatic N) is 1. The average Bonchev–Trinajstić information content (AvgIpc) is 3.02. The minimum absolute atomic E-state index is 0.0605. The van der Waals surface area contributed by atoms with Gasteiger partial charge in [0.2, 0.25) is 0 Å². The molecule has 0 bridgehead atoms. The number of benzene rings is 2. The van der Waals surface area contributed by atoms with Crippen LogP contribution in [0.5, 0.6) is 11.5 Å². The van der Waals surface area contributed by atoms with Gasteiger partial charge >= 0.3 is 0 Å². The van der Waals surface area contributed by atoms with Crippen molar-refractivity contribution in [1.82, 2.24) is 4.90 Å². The minimum atomic E-state index is -3.91. The zero-order valence-corrected chi connectivity index (χ0v) is 19.0. The number of hydrogen-bond acceptors (Lipinski definition) is 5. The largest absolute Gasteiger partial charge is 0.496 e. The molecule has 28 heavy (non-hydrogen) atoms. The number of likely N-dealkylation sites (N-methyl/N-ethyl adjacent to an activating group) is 1. The van der Waals surface area contributed by atoms with Gasteiger partial charge in [-0.1, -0.05) is 17.7 Å². The Morgan fingerprint density at radius 3 is 2.64 bits per heavy atom. The predicted octanol–water partition coefficient (Wildman–Crippen LogP) is 4.30. The monoisotopic (exact) mass is 488 g/mol. The molecule has 0 amide bonds. The summed E-state index contributed by atoms with van der Waals surface area (Å²) < 4.78 is 40.2. The number of ether oxygens (including phenoxy) is 2. The molecule has 0 spiro atoms. The van der Waals surface area contributed by atoms with E-state index < -0.39 is 10.0 Å². The van der Waals surface area contributed by atoms with Gasteiger partial charge in [0.05, 0.1) is 22.3 Å². The van der Waals surface area contributed by atoms with Crippen LogP contribution in [0.15, 0.2) is 39.7 Å². The number of halogens is 2. The third-order valence-corrected chi connectivity index (χ3v) is 7.04. The van der Waals surface area contributed by atoms with E-state index in [2.05, 4.69) is 32.6 Å². The Balaban J connectivity index is 1.86. The molecule has 0 unspecified atom stereocenters. The highest BCUT2D eigenvalue weighted by molar-refractivity contribution is 9.10. The van der Waals surface area contributed by atoms with Gasteiger partial charge in [0.25, 0.3) is 10.0 Å². The summed E-state index contributed by atoms with van der Waals surface area (Å²) in [6.07, 6.45) is 1.04. The molecule has 0 saturated carbocycles. The number of rotatable bonds is 6. The summed E-state index contributed by atoms with van der Waals surface area (Å²) in [7, 11) is -0.393. The van der Waals surface area contributed by atoms with E-state index in [4.69, 9.17) is 21.1 Å². The molecule has 0 aliphatic carbocycles. The van der Waals surface area contributed by atoms with E-state index in [0.29, 0.717) is 21.7 Å². The molecule has 3 rings (SSSR count). The van der Waals surface area contributed by atoms with Gasteiger partial charge in [0.1, 0.15) is 22.5 Å². The van der Waals surface area contributed by atoms with Crippen LogP contribution in [0, 0.1) is 6.92 Å². The van der Waals surface area contributed by atoms with Gasteiger partial charge in [-0.15, -0.1) is 0 Å². The summed E-state index contributed by atoms with van der Waals surface area (Å²) >= 11 is 9.45. The van der Waals surface area contributed by atoms with Gasteiger partial charge in [0, 0.05) is 25.2 Å². The molecule has 2 aromatic carbocycles. The van der Waals surface area contributed by atoms with E-state index in [1.54, 1.807) is 12.1 Å². The van der Waals surface area contributed by atoms with E-state index >= 15 is 0 Å². The lowest BCUT2D eigenvalue weighted by atomic mass is 10.2. The van der Waals surface area contributed by atoms with E-state index in [1.807, 2.05) is 13.0 Å². The first-order valence-corrected chi connectivity index (χ1v) is 11.4. The highest BCUT2D eigenvalue weighted by Crippen LogP contribution is 2.35. The molecule has 0 radical (unpaired) electrons. The minimum Gasteiger partial charge on any atom is -0.496 e. The number of likely N-dealkylation sites (tertiary alicyclic amines) is 1. The fraction of sp³-hybridized carbons (Fsp3) is 0.368. The zero-order chi connectivity index (χ0) is 20.5. The van der Waals surface area contributed by atoms with Crippen LogP contribution in [-0.2, 0) is 10.0 Å². The number of hydrogen-bond donors (Lipinski definition) is 1. The second kappa shape index (κ2) is 8.49. The smallest absolute Gasteiger partial charge is 0.263 e. The van der Waals surface area contributed by atoms with Crippen LogP contribution < -0.4 is 14.2 Å². The highest BCUT2D eigenvalue weighted by atomic mass is 79.9. The van der Waals surface area contributed by atoms with Gasteiger partial charge < -0.3 is 14.4 Å². The molecule has 6 nitrogen and oxygen atoms in total. The molecule has 2 aromatic rings. The molecule has 1 fully saturated rings. The molecule has 152 valence electrons. The van der Waals surface area contributed by atoms with Gasteiger partial charge in [-0.05, 0) is 54.0 Å². The summed E-state index contributed by atoms with van der Waals surface area (Å²) in [6.45, 7) is 3.77. The second-order valence-corrected chi connectivity index (χ2v) is 9.71. The third-order valence-electron chi connectivity index (χ3n) is 4.58. The molecule has 1 aliphatic heterocycles. The number of methoxy groups -OCH3 is 1. The zero-order valence-electron chi connectivity index (χ0n) is 15.8. The molecule has 1 saturated heterocycles. The maximum Gasteiger partial charge on any atom is 0.263 e. The summed E-state index contributed by atoms with van der Waals surface area (Å²) in [6, 6.07) is 8.11. The first-order valence-electron chi connectivity index (χ1n) is 8.71. The summed E-state index contributed by atoms with van der Waals surface area (Å²) in [5.74, 6) is 1.04. The number of aryl methyl sites for hydroxylation is 1. The van der Waals surface area contributed by atoms with E-state index in [9.17, 15) is 8.42 Å². The van der Waals surface area contributed by atoms with Crippen LogP contribution in [0.2, 0.25) is 5.02 Å². The van der Waals surface area contributed by atoms with Crippen molar-refractivity contribution in [2.45, 2.75) is 24.3 Å². The molecule has 1 heterocycles. The Labute approximate surface area is 179 Å². The molecular weight excluding hydrogens is 468 g/mol. The second-order valence-electron chi connectivity index (χ2n) is 6.79. The lowest BCUT2D eigenvalue weighted by Crippen LogP contribution is -2.21. The van der Waals surface area contributed by atoms with E-state index in [-0.39, 0.29) is 16.0 Å². The van der Waals surface area contributed by atoms with Crippen molar-refractivity contribution in [1.29, 1.82) is 0 Å². The quantitative estimate of drug-likeness (QED) is 0.655. The molecule has 1 atom stereocenters. The van der Waals surface area contributed by atoms with Gasteiger partial charge in [-0.25, -0.2) is 8.42 Å². The maximum atomic E-state index is 12.9. The van der Waals surface area contributed by atoms with E-state index in [1.165, 1.54) is 19.2 Å². The van der Waals surface area contributed by atoms with Crippen LogP contribution >= 0.6 is 27.5 Å². The van der Waals surface area contributed by atoms with E-state index in [0.717, 1.165) is 25.1 Å². The van der Waals surface area contributed by atoms with Gasteiger partial charge in [0.15, 0.2) is 0 Å². The Morgan fingerprint density at radius 2 is 2.00 bits per heavy atom. The topological polar surface area (TPSA) is 67.9 Å². The first kappa shape index (κ1) is 21.2. The van der Waals surface area contributed by atoms with Crippen molar-refractivity contribution in [2.24, 2.45) is 0 Å². The maximum absolute atomic E-state index is 12.9. The molecule has 1 N–H and O–H groups in total. The van der Waals surface area contributed by atoms with Crippen molar-refractivity contribution >= 4 is 43.2 Å². The standard InChI is InChI=1S/C19H22BrClN2O4S/c1-12-4-5-13(8-17(12)27-14-6-7-23(2)11-14)22-28(24,25)19-10-18(26-3)15(20)9-16(19)21/h4-5,8-10,14,22H,6-7,11H2,1-3H3/t14-/m1/s1. The third kappa shape index (κ3) is 4.74.